The number of benzene rings is 1. The third kappa shape index (κ3) is 5.34. The van der Waals surface area contributed by atoms with Gasteiger partial charge in [-0.1, -0.05) is 31.0 Å². The van der Waals surface area contributed by atoms with Gasteiger partial charge in [0.25, 0.3) is 0 Å². The SMILES string of the molecule is CC(Sc1nnc(C(C)N2CCCCC2)n1-c1ccc(F)cc1)C(=O)N1CCCCCC1. The van der Waals surface area contributed by atoms with Gasteiger partial charge < -0.3 is 4.90 Å². The molecule has 0 aliphatic carbocycles. The fourth-order valence-electron chi connectivity index (χ4n) is 4.69. The summed E-state index contributed by atoms with van der Waals surface area (Å²) in [6.45, 7) is 7.88. The summed E-state index contributed by atoms with van der Waals surface area (Å²) in [5.41, 5.74) is 0.826. The summed E-state index contributed by atoms with van der Waals surface area (Å²) in [5.74, 6) is 0.734. The molecule has 3 heterocycles. The van der Waals surface area contributed by atoms with Crippen LogP contribution in [0.25, 0.3) is 5.69 Å². The number of nitrogens with zero attached hydrogens (tertiary/aromatic N) is 5. The molecule has 0 saturated carbocycles. The highest BCUT2D eigenvalue weighted by atomic mass is 32.2. The quantitative estimate of drug-likeness (QED) is 0.579. The highest BCUT2D eigenvalue weighted by Crippen LogP contribution is 2.31. The molecule has 0 spiro atoms. The molecule has 1 aromatic heterocycles. The average Bonchev–Trinajstić information content (AvgIpc) is 3.04. The van der Waals surface area contributed by atoms with Crippen molar-refractivity contribution in [2.24, 2.45) is 0 Å². The molecule has 2 saturated heterocycles. The number of likely N-dealkylation sites (tertiary alicyclic amines) is 2. The van der Waals surface area contributed by atoms with Crippen LogP contribution in [0.1, 0.15) is 70.7 Å². The largest absolute Gasteiger partial charge is 0.342 e. The number of aromatic nitrogens is 3. The number of hydrogen-bond donors (Lipinski definition) is 0. The fraction of sp³-hybridized carbons (Fsp3) is 0.625. The van der Waals surface area contributed by atoms with Crippen LogP contribution in [0.2, 0.25) is 0 Å². The van der Waals surface area contributed by atoms with Gasteiger partial charge in [0.15, 0.2) is 11.0 Å². The van der Waals surface area contributed by atoms with Gasteiger partial charge >= 0.3 is 0 Å². The number of piperidine rings is 1. The first kappa shape index (κ1) is 23.2. The smallest absolute Gasteiger partial charge is 0.235 e. The average molecular weight is 460 g/mol. The molecule has 2 aromatic rings. The number of carbonyl (C=O) groups excluding carboxylic acids is 1. The molecular formula is C24H34FN5OS. The summed E-state index contributed by atoms with van der Waals surface area (Å²) < 4.78 is 15.6. The van der Waals surface area contributed by atoms with E-state index >= 15 is 0 Å². The van der Waals surface area contributed by atoms with Gasteiger partial charge in [0.05, 0.1) is 11.3 Å². The Morgan fingerprint density at radius 2 is 1.50 bits per heavy atom. The number of amides is 1. The van der Waals surface area contributed by atoms with Gasteiger partial charge in [0.2, 0.25) is 5.91 Å². The predicted octanol–water partition coefficient (Wildman–Crippen LogP) is 4.84. The van der Waals surface area contributed by atoms with Crippen molar-refractivity contribution in [3.8, 4) is 5.69 Å². The lowest BCUT2D eigenvalue weighted by molar-refractivity contribution is -0.130. The molecule has 2 atom stereocenters. The van der Waals surface area contributed by atoms with Crippen LogP contribution in [0.15, 0.2) is 29.4 Å². The van der Waals surface area contributed by atoms with Crippen LogP contribution >= 0.6 is 11.8 Å². The molecule has 4 rings (SSSR count). The fourth-order valence-corrected chi connectivity index (χ4v) is 5.65. The minimum absolute atomic E-state index is 0.0961. The first-order valence-corrected chi connectivity index (χ1v) is 12.8. The second kappa shape index (κ2) is 10.8. The van der Waals surface area contributed by atoms with E-state index < -0.39 is 0 Å². The number of rotatable bonds is 6. The van der Waals surface area contributed by atoms with E-state index in [0.29, 0.717) is 5.16 Å². The van der Waals surface area contributed by atoms with Crippen molar-refractivity contribution in [1.82, 2.24) is 24.6 Å². The van der Waals surface area contributed by atoms with Crippen LogP contribution in [0, 0.1) is 5.82 Å². The molecule has 0 radical (unpaired) electrons. The van der Waals surface area contributed by atoms with Crippen LogP contribution < -0.4 is 0 Å². The van der Waals surface area contributed by atoms with E-state index in [2.05, 4.69) is 22.0 Å². The Kier molecular flexibility index (Phi) is 7.84. The van der Waals surface area contributed by atoms with E-state index in [9.17, 15) is 9.18 Å². The van der Waals surface area contributed by atoms with Crippen LogP contribution in [0.5, 0.6) is 0 Å². The Morgan fingerprint density at radius 1 is 0.906 bits per heavy atom. The Morgan fingerprint density at radius 3 is 2.16 bits per heavy atom. The lowest BCUT2D eigenvalue weighted by atomic mass is 10.1. The highest BCUT2D eigenvalue weighted by molar-refractivity contribution is 8.00. The molecule has 0 N–H and O–H groups in total. The summed E-state index contributed by atoms with van der Waals surface area (Å²) >= 11 is 1.45. The van der Waals surface area contributed by atoms with E-state index in [1.807, 2.05) is 16.4 Å². The topological polar surface area (TPSA) is 54.3 Å². The third-order valence-corrected chi connectivity index (χ3v) is 7.63. The van der Waals surface area contributed by atoms with E-state index in [1.54, 1.807) is 12.1 Å². The first-order valence-electron chi connectivity index (χ1n) is 12.0. The third-order valence-electron chi connectivity index (χ3n) is 6.60. The van der Waals surface area contributed by atoms with Crippen LogP contribution in [-0.2, 0) is 4.79 Å². The zero-order valence-electron chi connectivity index (χ0n) is 19.2. The van der Waals surface area contributed by atoms with Crippen molar-refractivity contribution < 1.29 is 9.18 Å². The lowest BCUT2D eigenvalue weighted by Crippen LogP contribution is -2.37. The maximum atomic E-state index is 13.6. The van der Waals surface area contributed by atoms with Gasteiger partial charge in [-0.15, -0.1) is 10.2 Å². The van der Waals surface area contributed by atoms with Crippen molar-refractivity contribution in [3.63, 3.8) is 0 Å². The van der Waals surface area contributed by atoms with Gasteiger partial charge in [-0.2, -0.15) is 0 Å². The minimum Gasteiger partial charge on any atom is -0.342 e. The van der Waals surface area contributed by atoms with Crippen molar-refractivity contribution >= 4 is 17.7 Å². The molecule has 6 nitrogen and oxygen atoms in total. The maximum Gasteiger partial charge on any atom is 0.235 e. The maximum absolute atomic E-state index is 13.6. The van der Waals surface area contributed by atoms with Crippen molar-refractivity contribution in [1.29, 1.82) is 0 Å². The molecule has 2 unspecified atom stereocenters. The Bertz CT molecular complexity index is 888. The van der Waals surface area contributed by atoms with Gasteiger partial charge in [0, 0.05) is 18.8 Å². The standard InChI is InChI=1S/C24H34FN5OS/c1-18(28-14-8-5-9-15-28)22-26-27-24(30(22)21-12-10-20(25)11-13-21)32-19(2)23(31)29-16-6-3-4-7-17-29/h10-13,18-19H,3-9,14-17H2,1-2H3. The van der Waals surface area contributed by atoms with Crippen LogP contribution in [0.3, 0.4) is 0 Å². The van der Waals surface area contributed by atoms with Gasteiger partial charge in [-0.25, -0.2) is 4.39 Å². The molecule has 32 heavy (non-hydrogen) atoms. The van der Waals surface area contributed by atoms with Crippen LogP contribution in [-0.4, -0.2) is 61.9 Å². The van der Waals surface area contributed by atoms with E-state index in [4.69, 9.17) is 0 Å². The highest BCUT2D eigenvalue weighted by Gasteiger charge is 2.29. The monoisotopic (exact) mass is 459 g/mol. The molecule has 1 amide bonds. The van der Waals surface area contributed by atoms with E-state index in [-0.39, 0.29) is 23.0 Å². The zero-order valence-corrected chi connectivity index (χ0v) is 20.0. The molecule has 174 valence electrons. The van der Waals surface area contributed by atoms with Gasteiger partial charge in [0.1, 0.15) is 5.82 Å². The van der Waals surface area contributed by atoms with Crippen molar-refractivity contribution in [2.75, 3.05) is 26.2 Å². The Labute approximate surface area is 194 Å². The number of carbonyl (C=O) groups is 1. The normalized spacial score (nSPS) is 20.0. The van der Waals surface area contributed by atoms with Gasteiger partial charge in [-0.3, -0.25) is 14.3 Å². The minimum atomic E-state index is -0.272. The molecule has 0 bridgehead atoms. The Balaban J connectivity index is 1.60. The number of thioether (sulfide) groups is 1. The first-order chi connectivity index (χ1) is 15.5. The predicted molar refractivity (Wildman–Crippen MR) is 126 cm³/mol. The lowest BCUT2D eigenvalue weighted by Gasteiger charge is -2.32. The molecule has 8 heteroatoms. The number of halogens is 1. The van der Waals surface area contributed by atoms with Gasteiger partial charge in [-0.05, 0) is 76.9 Å². The Hall–Kier alpha value is -1.93. The second-order valence-electron chi connectivity index (χ2n) is 8.92. The van der Waals surface area contributed by atoms with E-state index in [0.717, 1.165) is 50.5 Å². The second-order valence-corrected chi connectivity index (χ2v) is 10.2. The summed E-state index contributed by atoms with van der Waals surface area (Å²) in [6.07, 6.45) is 8.20. The summed E-state index contributed by atoms with van der Waals surface area (Å²) in [5, 5.41) is 9.49. The molecule has 2 aliphatic rings. The zero-order chi connectivity index (χ0) is 22.5. The molecule has 1 aromatic carbocycles. The molecular weight excluding hydrogens is 425 g/mol. The summed E-state index contributed by atoms with van der Waals surface area (Å²) in [4.78, 5) is 17.6. The summed E-state index contributed by atoms with van der Waals surface area (Å²) in [7, 11) is 0. The van der Waals surface area contributed by atoms with E-state index in [1.165, 1.54) is 56.0 Å². The van der Waals surface area contributed by atoms with Crippen LogP contribution in [0.4, 0.5) is 4.39 Å². The summed E-state index contributed by atoms with van der Waals surface area (Å²) in [6, 6.07) is 6.54. The molecule has 2 aliphatic heterocycles. The van der Waals surface area contributed by atoms with Crippen molar-refractivity contribution in [3.05, 3.63) is 35.9 Å². The number of hydrogen-bond acceptors (Lipinski definition) is 5. The van der Waals surface area contributed by atoms with Crippen molar-refractivity contribution in [2.45, 2.75) is 75.2 Å². The molecule has 2 fully saturated rings.